The monoisotopic (exact) mass is 567 g/mol. The highest BCUT2D eigenvalue weighted by Crippen LogP contribution is 2.45. The molecule has 0 amide bonds. The summed E-state index contributed by atoms with van der Waals surface area (Å²) in [7, 11) is 0. The van der Waals surface area contributed by atoms with Gasteiger partial charge in [0.1, 0.15) is 23.4 Å². The van der Waals surface area contributed by atoms with Crippen LogP contribution in [-0.2, 0) is 19.4 Å². The number of fused-ring (bicyclic) bond motifs is 1. The third kappa shape index (κ3) is 6.37. The summed E-state index contributed by atoms with van der Waals surface area (Å²) < 4.78 is 6.29. The van der Waals surface area contributed by atoms with Crippen molar-refractivity contribution in [3.8, 4) is 11.8 Å². The molecule has 0 bridgehead atoms. The first kappa shape index (κ1) is 28.5. The maximum Gasteiger partial charge on any atom is 0.134 e. The molecular weight excluding hydrogens is 533 g/mol. The maximum absolute atomic E-state index is 9.98. The van der Waals surface area contributed by atoms with E-state index in [9.17, 15) is 5.26 Å². The summed E-state index contributed by atoms with van der Waals surface area (Å²) in [5.41, 5.74) is 4.97. The number of halogens is 2. The molecule has 1 atom stereocenters. The lowest BCUT2D eigenvalue weighted by molar-refractivity contribution is 0.218. The number of thiophene rings is 1. The van der Waals surface area contributed by atoms with Crippen LogP contribution in [-0.4, -0.2) is 19.3 Å². The highest BCUT2D eigenvalue weighted by molar-refractivity contribution is 7.16. The molecule has 200 valence electrons. The van der Waals surface area contributed by atoms with Crippen molar-refractivity contribution in [3.05, 3.63) is 73.6 Å². The van der Waals surface area contributed by atoms with Crippen molar-refractivity contribution in [3.63, 3.8) is 0 Å². The first-order valence-electron chi connectivity index (χ1n) is 13.2. The van der Waals surface area contributed by atoms with E-state index < -0.39 is 0 Å². The van der Waals surface area contributed by atoms with Gasteiger partial charge in [0, 0.05) is 57.1 Å². The molecule has 0 spiro atoms. The molecule has 0 unspecified atom stereocenters. The Morgan fingerprint density at radius 2 is 1.92 bits per heavy atom. The normalized spacial score (nSPS) is 15.4. The van der Waals surface area contributed by atoms with Crippen molar-refractivity contribution < 1.29 is 4.74 Å². The molecule has 1 aliphatic carbocycles. The lowest BCUT2D eigenvalue weighted by Crippen LogP contribution is -2.26. The van der Waals surface area contributed by atoms with Gasteiger partial charge >= 0.3 is 0 Å². The molecule has 0 aliphatic heterocycles. The van der Waals surface area contributed by atoms with Crippen LogP contribution in [0.15, 0.2) is 41.4 Å². The number of anilines is 1. The largest absolute Gasteiger partial charge is 0.488 e. The maximum atomic E-state index is 9.98. The summed E-state index contributed by atoms with van der Waals surface area (Å²) in [5.74, 6) is 1.33. The molecule has 1 heterocycles. The van der Waals surface area contributed by atoms with Gasteiger partial charge in [-0.05, 0) is 74.3 Å². The number of nitrogens with zero attached hydrogens (tertiary/aromatic N) is 3. The van der Waals surface area contributed by atoms with Crippen LogP contribution in [0.4, 0.5) is 10.7 Å². The van der Waals surface area contributed by atoms with E-state index in [2.05, 4.69) is 57.7 Å². The minimum atomic E-state index is 0.254. The Labute approximate surface area is 240 Å². The van der Waals surface area contributed by atoms with Gasteiger partial charge in [-0.15, -0.1) is 11.3 Å². The number of rotatable bonds is 8. The Kier molecular flexibility index (Phi) is 9.08. The highest BCUT2D eigenvalue weighted by atomic mass is 35.5. The summed E-state index contributed by atoms with van der Waals surface area (Å²) in [6.45, 7) is 13.3. The van der Waals surface area contributed by atoms with Crippen LogP contribution in [0.3, 0.4) is 0 Å². The molecule has 0 saturated heterocycles. The fourth-order valence-electron chi connectivity index (χ4n) is 4.98. The molecule has 2 aromatic carbocycles. The van der Waals surface area contributed by atoms with Gasteiger partial charge in [0.25, 0.3) is 0 Å². The zero-order valence-electron chi connectivity index (χ0n) is 22.8. The van der Waals surface area contributed by atoms with Gasteiger partial charge in [0.15, 0.2) is 0 Å². The van der Waals surface area contributed by atoms with E-state index in [1.807, 2.05) is 24.4 Å². The van der Waals surface area contributed by atoms with E-state index in [1.54, 1.807) is 17.4 Å². The lowest BCUT2D eigenvalue weighted by Gasteiger charge is -2.33. The molecule has 4 nitrogen and oxygen atoms in total. The minimum absolute atomic E-state index is 0.254. The molecule has 1 aromatic heterocycles. The van der Waals surface area contributed by atoms with E-state index in [-0.39, 0.29) is 5.41 Å². The molecule has 0 N–H and O–H groups in total. The van der Waals surface area contributed by atoms with Gasteiger partial charge in [0.05, 0.1) is 5.56 Å². The van der Waals surface area contributed by atoms with Crippen molar-refractivity contribution in [1.29, 1.82) is 5.26 Å². The molecule has 38 heavy (non-hydrogen) atoms. The van der Waals surface area contributed by atoms with Crippen LogP contribution in [0.2, 0.25) is 10.0 Å². The number of hydrogen-bond acceptors (Lipinski definition) is 5. The highest BCUT2D eigenvalue weighted by Gasteiger charge is 2.32. The van der Waals surface area contributed by atoms with Crippen LogP contribution in [0, 0.1) is 22.7 Å². The Bertz CT molecular complexity index is 1360. The predicted molar refractivity (Wildman–Crippen MR) is 162 cm³/mol. The number of benzene rings is 2. The number of nitriles is 1. The van der Waals surface area contributed by atoms with E-state index in [0.29, 0.717) is 22.6 Å². The smallest absolute Gasteiger partial charge is 0.134 e. The van der Waals surface area contributed by atoms with E-state index in [4.69, 9.17) is 32.9 Å². The summed E-state index contributed by atoms with van der Waals surface area (Å²) in [6.07, 6.45) is 4.90. The molecule has 7 heteroatoms. The van der Waals surface area contributed by atoms with Gasteiger partial charge in [-0.2, -0.15) is 5.26 Å². The zero-order valence-corrected chi connectivity index (χ0v) is 25.1. The minimum Gasteiger partial charge on any atom is -0.488 e. The topological polar surface area (TPSA) is 48.6 Å². The van der Waals surface area contributed by atoms with Crippen LogP contribution >= 0.6 is 34.5 Å². The summed E-state index contributed by atoms with van der Waals surface area (Å²) in [5, 5.41) is 11.9. The van der Waals surface area contributed by atoms with Crippen molar-refractivity contribution in [1.82, 2.24) is 0 Å². The summed E-state index contributed by atoms with van der Waals surface area (Å²) in [4.78, 5) is 8.42. The van der Waals surface area contributed by atoms with Crippen LogP contribution < -0.4 is 9.64 Å². The first-order valence-corrected chi connectivity index (χ1v) is 14.8. The molecule has 0 saturated carbocycles. The summed E-state index contributed by atoms with van der Waals surface area (Å²) >= 11 is 14.1. The molecule has 1 aliphatic rings. The number of hydrogen-bond donors (Lipinski definition) is 0. The molecule has 0 fully saturated rings. The van der Waals surface area contributed by atoms with Crippen LogP contribution in [0.5, 0.6) is 5.75 Å². The predicted octanol–water partition coefficient (Wildman–Crippen LogP) is 9.25. The molecule has 3 aromatic rings. The Morgan fingerprint density at radius 1 is 1.16 bits per heavy atom. The van der Waals surface area contributed by atoms with Crippen molar-refractivity contribution in [2.24, 2.45) is 16.3 Å². The molecule has 4 rings (SSSR count). The van der Waals surface area contributed by atoms with Crippen molar-refractivity contribution >= 4 is 51.4 Å². The average molecular weight is 569 g/mol. The van der Waals surface area contributed by atoms with E-state index in [1.165, 1.54) is 10.4 Å². The molecular formula is C31H35Cl2N3OS. The van der Waals surface area contributed by atoms with Gasteiger partial charge in [-0.1, -0.05) is 50.0 Å². The second-order valence-electron chi connectivity index (χ2n) is 10.8. The second-order valence-corrected chi connectivity index (χ2v) is 12.7. The van der Waals surface area contributed by atoms with Gasteiger partial charge in [0.2, 0.25) is 0 Å². The SMILES string of the molecule is CCN(CC)c1ccc(C=Nc2sc3c(c2C#N)CC[C@@H](C(C)(C)C)C3)c(OCc2ccc(Cl)cc2Cl)c1. The van der Waals surface area contributed by atoms with E-state index in [0.717, 1.165) is 65.5 Å². The Hall–Kier alpha value is -2.52. The van der Waals surface area contributed by atoms with Gasteiger partial charge < -0.3 is 9.64 Å². The fourth-order valence-corrected chi connectivity index (χ4v) is 6.66. The third-order valence-electron chi connectivity index (χ3n) is 7.43. The quantitative estimate of drug-likeness (QED) is 0.255. The van der Waals surface area contributed by atoms with Gasteiger partial charge in [-0.3, -0.25) is 0 Å². The third-order valence-corrected chi connectivity index (χ3v) is 9.18. The number of ether oxygens (including phenoxy) is 1. The Morgan fingerprint density at radius 3 is 2.58 bits per heavy atom. The number of aliphatic imine (C=N–C) groups is 1. The van der Waals surface area contributed by atoms with Crippen molar-refractivity contribution in [2.75, 3.05) is 18.0 Å². The lowest BCUT2D eigenvalue weighted by atomic mass is 9.72. The van der Waals surface area contributed by atoms with E-state index >= 15 is 0 Å². The standard InChI is InChI=1S/C31H35Cl2N3OS/c1-6-36(7-2)24-12-9-20(28(16-24)37-19-21-8-11-23(32)15-27(21)33)18-35-30-26(17-34)25-13-10-22(31(3,4)5)14-29(25)38-30/h8-9,11-12,15-16,18,22H,6-7,10,13-14,19H2,1-5H3/t22-/m1/s1. The zero-order chi connectivity index (χ0) is 27.4. The molecule has 0 radical (unpaired) electrons. The fraction of sp³-hybridized carbons (Fsp3) is 0.419. The Balaban J connectivity index is 1.65. The summed E-state index contributed by atoms with van der Waals surface area (Å²) in [6, 6.07) is 14.0. The average Bonchev–Trinajstić information content (AvgIpc) is 3.24. The van der Waals surface area contributed by atoms with Crippen LogP contribution in [0.1, 0.15) is 68.2 Å². The van der Waals surface area contributed by atoms with Crippen LogP contribution in [0.25, 0.3) is 0 Å². The van der Waals surface area contributed by atoms with Crippen molar-refractivity contribution in [2.45, 2.75) is 60.5 Å². The second kappa shape index (κ2) is 12.1. The van der Waals surface area contributed by atoms with Gasteiger partial charge in [-0.25, -0.2) is 4.99 Å². The first-order chi connectivity index (χ1) is 18.1.